The van der Waals surface area contributed by atoms with E-state index in [1.807, 2.05) is 0 Å². The fourth-order valence-electron chi connectivity index (χ4n) is 1.55. The van der Waals surface area contributed by atoms with Crippen LogP contribution in [0.2, 0.25) is 0 Å². The first-order chi connectivity index (χ1) is 8.38. The standard InChI is InChI=1S/C10H18N2O6.2Na/c11-4-2-1-3-7(10(17)18)12(5-8(13)14)6-9(15)16;;/h7H,1-6,11H2,(H,13,14)(H,15,16)(H,17,18);;/q;2*+1/p-2/t7-;;/m0../s1. The Balaban J connectivity index is -0.00000144. The number of rotatable bonds is 10. The van der Waals surface area contributed by atoms with E-state index in [-0.39, 0.29) is 65.5 Å². The minimum absolute atomic E-state index is 0. The van der Waals surface area contributed by atoms with E-state index < -0.39 is 37.0 Å². The van der Waals surface area contributed by atoms with Gasteiger partial charge in [-0.15, -0.1) is 0 Å². The summed E-state index contributed by atoms with van der Waals surface area (Å²) in [6.45, 7) is -1.10. The molecule has 104 valence electrons. The van der Waals surface area contributed by atoms with Crippen molar-refractivity contribution in [3.8, 4) is 0 Å². The van der Waals surface area contributed by atoms with Gasteiger partial charge in [0.2, 0.25) is 0 Å². The number of nitrogens with two attached hydrogens (primary N) is 1. The number of hydrogen-bond acceptors (Lipinski definition) is 7. The summed E-state index contributed by atoms with van der Waals surface area (Å²) < 4.78 is 0. The molecule has 0 aromatic carbocycles. The van der Waals surface area contributed by atoms with Gasteiger partial charge in [0.1, 0.15) is 0 Å². The first-order valence-corrected chi connectivity index (χ1v) is 5.45. The van der Waals surface area contributed by atoms with Crippen molar-refractivity contribution in [2.45, 2.75) is 25.3 Å². The van der Waals surface area contributed by atoms with Crippen molar-refractivity contribution in [3.63, 3.8) is 0 Å². The molecule has 0 bridgehead atoms. The van der Waals surface area contributed by atoms with Crippen LogP contribution in [0.3, 0.4) is 0 Å². The molecular formula is C10H16N2Na2O6. The zero-order valence-electron chi connectivity index (χ0n) is 11.8. The Labute approximate surface area is 161 Å². The fourth-order valence-corrected chi connectivity index (χ4v) is 1.55. The second kappa shape index (κ2) is 14.3. The van der Waals surface area contributed by atoms with E-state index in [0.717, 1.165) is 4.90 Å². The minimum Gasteiger partial charge on any atom is -0.549 e. The van der Waals surface area contributed by atoms with Crippen LogP contribution < -0.4 is 75.1 Å². The average molecular weight is 306 g/mol. The molecule has 0 fully saturated rings. The number of hydrogen-bond donors (Lipinski definition) is 2. The Morgan fingerprint density at radius 3 is 2.00 bits per heavy atom. The van der Waals surface area contributed by atoms with Crippen LogP contribution in [0, 0.1) is 0 Å². The van der Waals surface area contributed by atoms with Crippen molar-refractivity contribution >= 4 is 17.9 Å². The van der Waals surface area contributed by atoms with Gasteiger partial charge in [0.15, 0.2) is 0 Å². The molecule has 0 unspecified atom stereocenters. The van der Waals surface area contributed by atoms with Crippen LogP contribution in [0.1, 0.15) is 19.3 Å². The van der Waals surface area contributed by atoms with Crippen molar-refractivity contribution in [2.75, 3.05) is 19.6 Å². The molecule has 0 radical (unpaired) electrons. The molecule has 10 heteroatoms. The zero-order valence-corrected chi connectivity index (χ0v) is 15.8. The quantitative estimate of drug-likeness (QED) is 0.299. The summed E-state index contributed by atoms with van der Waals surface area (Å²) in [6, 6.07) is -1.27. The van der Waals surface area contributed by atoms with E-state index in [1.165, 1.54) is 0 Å². The van der Waals surface area contributed by atoms with Crippen molar-refractivity contribution in [1.82, 2.24) is 4.90 Å². The molecule has 0 saturated heterocycles. The Morgan fingerprint density at radius 1 is 1.10 bits per heavy atom. The monoisotopic (exact) mass is 306 g/mol. The molecule has 0 aromatic rings. The van der Waals surface area contributed by atoms with Gasteiger partial charge < -0.3 is 30.6 Å². The molecule has 0 aromatic heterocycles. The third-order valence-electron chi connectivity index (χ3n) is 2.32. The third-order valence-corrected chi connectivity index (χ3v) is 2.32. The molecule has 0 aliphatic heterocycles. The number of nitrogens with zero attached hydrogens (tertiary/aromatic N) is 1. The van der Waals surface area contributed by atoms with Gasteiger partial charge in [-0.1, -0.05) is 6.42 Å². The van der Waals surface area contributed by atoms with Crippen LogP contribution in [0.15, 0.2) is 0 Å². The molecule has 3 N–H and O–H groups in total. The van der Waals surface area contributed by atoms with E-state index in [4.69, 9.17) is 10.8 Å². The van der Waals surface area contributed by atoms with E-state index >= 15 is 0 Å². The van der Waals surface area contributed by atoms with E-state index in [0.29, 0.717) is 19.4 Å². The molecule has 8 nitrogen and oxygen atoms in total. The van der Waals surface area contributed by atoms with Crippen LogP contribution in [0.5, 0.6) is 0 Å². The normalized spacial score (nSPS) is 11.1. The Bertz CT molecular complexity index is 300. The number of carbonyl (C=O) groups is 3. The smallest absolute Gasteiger partial charge is 0.549 e. The SMILES string of the molecule is NCCCC[C@@H](C(=O)[O-])N(CC(=O)[O-])CC(=O)O.[Na+].[Na+]. The molecule has 0 rings (SSSR count). The molecular weight excluding hydrogens is 290 g/mol. The van der Waals surface area contributed by atoms with Gasteiger partial charge in [-0.3, -0.25) is 9.69 Å². The van der Waals surface area contributed by atoms with Crippen LogP contribution in [-0.2, 0) is 14.4 Å². The fraction of sp³-hybridized carbons (Fsp3) is 0.700. The second-order valence-corrected chi connectivity index (χ2v) is 3.79. The molecule has 0 amide bonds. The van der Waals surface area contributed by atoms with E-state index in [9.17, 15) is 24.6 Å². The third kappa shape index (κ3) is 12.1. The summed E-state index contributed by atoms with van der Waals surface area (Å²) in [7, 11) is 0. The molecule has 1 atom stereocenters. The van der Waals surface area contributed by atoms with Crippen molar-refractivity contribution in [1.29, 1.82) is 0 Å². The molecule has 0 spiro atoms. The molecule has 20 heavy (non-hydrogen) atoms. The van der Waals surface area contributed by atoms with Gasteiger partial charge in [-0.2, -0.15) is 0 Å². The van der Waals surface area contributed by atoms with Gasteiger partial charge >= 0.3 is 65.1 Å². The van der Waals surface area contributed by atoms with E-state index in [1.54, 1.807) is 0 Å². The van der Waals surface area contributed by atoms with Crippen LogP contribution in [0.25, 0.3) is 0 Å². The summed E-state index contributed by atoms with van der Waals surface area (Å²) in [5.41, 5.74) is 5.25. The van der Waals surface area contributed by atoms with Crippen LogP contribution in [-0.4, -0.2) is 53.6 Å². The van der Waals surface area contributed by atoms with Gasteiger partial charge in [0.05, 0.1) is 24.5 Å². The van der Waals surface area contributed by atoms with Gasteiger partial charge in [-0.05, 0) is 19.4 Å². The van der Waals surface area contributed by atoms with Gasteiger partial charge in [0.25, 0.3) is 0 Å². The van der Waals surface area contributed by atoms with Crippen molar-refractivity contribution < 1.29 is 88.8 Å². The second-order valence-electron chi connectivity index (χ2n) is 3.79. The van der Waals surface area contributed by atoms with E-state index in [2.05, 4.69) is 0 Å². The summed E-state index contributed by atoms with van der Waals surface area (Å²) in [5.74, 6) is -4.36. The summed E-state index contributed by atoms with van der Waals surface area (Å²) in [5, 5.41) is 30.0. The van der Waals surface area contributed by atoms with Gasteiger partial charge in [-0.25, -0.2) is 0 Å². The zero-order chi connectivity index (χ0) is 14.1. The Hall–Kier alpha value is 0.330. The molecule has 0 aliphatic carbocycles. The van der Waals surface area contributed by atoms with Crippen molar-refractivity contribution in [2.24, 2.45) is 5.73 Å². The van der Waals surface area contributed by atoms with Gasteiger partial charge in [0, 0.05) is 6.54 Å². The molecule has 0 saturated carbocycles. The predicted molar refractivity (Wildman–Crippen MR) is 55.9 cm³/mol. The first kappa shape index (κ1) is 25.3. The van der Waals surface area contributed by atoms with Crippen LogP contribution in [0.4, 0.5) is 0 Å². The average Bonchev–Trinajstić information content (AvgIpc) is 2.21. The largest absolute Gasteiger partial charge is 1.00 e. The Morgan fingerprint density at radius 2 is 1.65 bits per heavy atom. The number of carboxylic acids is 3. The number of carbonyl (C=O) groups excluding carboxylic acids is 2. The molecule has 0 heterocycles. The predicted octanol–water partition coefficient (Wildman–Crippen LogP) is -9.62. The number of aliphatic carboxylic acids is 3. The maximum absolute atomic E-state index is 10.9. The number of unbranched alkanes of at least 4 members (excludes halogenated alkanes) is 1. The summed E-state index contributed by atoms with van der Waals surface area (Å²) >= 11 is 0. The Kier molecular flexibility index (Phi) is 18.1. The topological polar surface area (TPSA) is 147 Å². The van der Waals surface area contributed by atoms with Crippen LogP contribution >= 0.6 is 0 Å². The first-order valence-electron chi connectivity index (χ1n) is 5.45. The summed E-state index contributed by atoms with van der Waals surface area (Å²) in [4.78, 5) is 32.7. The van der Waals surface area contributed by atoms with Crippen molar-refractivity contribution in [3.05, 3.63) is 0 Å². The summed E-state index contributed by atoms with van der Waals surface area (Å²) in [6.07, 6.45) is 1.09. The molecule has 0 aliphatic rings. The minimum atomic E-state index is -1.54. The maximum Gasteiger partial charge on any atom is 1.00 e. The number of carboxylic acid groups (broad SMARTS) is 3. The maximum atomic E-state index is 10.9.